The molecule has 0 aromatic heterocycles. The molecule has 8 nitrogen and oxygen atoms in total. The van der Waals surface area contributed by atoms with Crippen molar-refractivity contribution in [1.82, 2.24) is 9.80 Å². The highest BCUT2D eigenvalue weighted by Crippen LogP contribution is 2.27. The lowest BCUT2D eigenvalue weighted by atomic mass is 10.1. The lowest BCUT2D eigenvalue weighted by Gasteiger charge is -2.26. The van der Waals surface area contributed by atoms with Crippen molar-refractivity contribution in [2.24, 2.45) is 0 Å². The topological polar surface area (TPSA) is 101 Å². The van der Waals surface area contributed by atoms with E-state index < -0.39 is 22.8 Å². The van der Waals surface area contributed by atoms with E-state index in [4.69, 9.17) is 0 Å². The average Bonchev–Trinajstić information content (AvgIpc) is 2.94. The average molecular weight is 460 g/mol. The van der Waals surface area contributed by atoms with E-state index in [1.54, 1.807) is 44.3 Å². The van der Waals surface area contributed by atoms with Gasteiger partial charge in [0.15, 0.2) is 0 Å². The number of nitro groups is 1. The molecule has 150 valence electrons. The molecule has 0 aliphatic carbocycles. The molecule has 1 unspecified atom stereocenters. The third kappa shape index (κ3) is 4.04. The molecule has 0 saturated carbocycles. The predicted octanol–water partition coefficient (Wildman–Crippen LogP) is 3.56. The minimum atomic E-state index is -0.487. The second-order valence-electron chi connectivity index (χ2n) is 6.73. The predicted molar refractivity (Wildman–Crippen MR) is 108 cm³/mol. The van der Waals surface area contributed by atoms with Crippen molar-refractivity contribution in [3.8, 4) is 0 Å². The van der Waals surface area contributed by atoms with Crippen molar-refractivity contribution in [2.75, 3.05) is 13.6 Å². The van der Waals surface area contributed by atoms with Crippen LogP contribution in [0.2, 0.25) is 0 Å². The zero-order valence-electron chi connectivity index (χ0n) is 15.8. The molecule has 1 aliphatic heterocycles. The Balaban J connectivity index is 1.66. The van der Waals surface area contributed by atoms with Crippen LogP contribution in [-0.4, -0.2) is 46.0 Å². The van der Waals surface area contributed by atoms with Gasteiger partial charge in [0.05, 0.1) is 22.1 Å². The number of carbonyl (C=O) groups excluding carboxylic acids is 3. The maximum atomic E-state index is 12.6. The Bertz CT molecular complexity index is 1020. The molecule has 0 spiro atoms. The first-order valence-electron chi connectivity index (χ1n) is 8.86. The Morgan fingerprint density at radius 2 is 1.86 bits per heavy atom. The lowest BCUT2D eigenvalue weighted by Crippen LogP contribution is -2.36. The zero-order valence-corrected chi connectivity index (χ0v) is 17.4. The number of amides is 3. The summed E-state index contributed by atoms with van der Waals surface area (Å²) in [6, 6.07) is 10.6. The molecular formula is C20H18BrN3O5. The molecule has 2 aromatic carbocycles. The molecule has 0 saturated heterocycles. The van der Waals surface area contributed by atoms with Crippen molar-refractivity contribution in [1.29, 1.82) is 0 Å². The molecule has 9 heteroatoms. The zero-order chi connectivity index (χ0) is 21.3. The van der Waals surface area contributed by atoms with Crippen LogP contribution in [0.15, 0.2) is 46.9 Å². The first-order chi connectivity index (χ1) is 13.7. The van der Waals surface area contributed by atoms with Crippen LogP contribution in [0.25, 0.3) is 0 Å². The quantitative estimate of drug-likeness (QED) is 0.373. The summed E-state index contributed by atoms with van der Waals surface area (Å²) in [4.78, 5) is 50.6. The standard InChI is InChI=1S/C20H18BrN3O5/c1-12(13-4-3-5-15(10-13)24(28)29)22(2)18(25)8-9-23-19(26)16-7-6-14(21)11-17(16)20(23)27/h3-7,10-12H,8-9H2,1-2H3. The lowest BCUT2D eigenvalue weighted by molar-refractivity contribution is -0.384. The number of fused-ring (bicyclic) bond motifs is 1. The number of imide groups is 1. The highest BCUT2D eigenvalue weighted by atomic mass is 79.9. The summed E-state index contributed by atoms with van der Waals surface area (Å²) in [6.07, 6.45) is -0.0393. The van der Waals surface area contributed by atoms with Crippen molar-refractivity contribution in [3.63, 3.8) is 0 Å². The van der Waals surface area contributed by atoms with Crippen LogP contribution < -0.4 is 0 Å². The highest BCUT2D eigenvalue weighted by Gasteiger charge is 2.35. The fourth-order valence-electron chi connectivity index (χ4n) is 3.19. The Kier molecular flexibility index (Phi) is 5.78. The van der Waals surface area contributed by atoms with E-state index in [0.717, 1.165) is 4.90 Å². The van der Waals surface area contributed by atoms with Gasteiger partial charge in [0, 0.05) is 36.6 Å². The molecule has 0 radical (unpaired) electrons. The summed E-state index contributed by atoms with van der Waals surface area (Å²) in [5.41, 5.74) is 1.21. The van der Waals surface area contributed by atoms with E-state index in [1.165, 1.54) is 17.0 Å². The highest BCUT2D eigenvalue weighted by molar-refractivity contribution is 9.10. The molecule has 3 amide bonds. The number of hydrogen-bond acceptors (Lipinski definition) is 5. The second-order valence-corrected chi connectivity index (χ2v) is 7.65. The number of benzene rings is 2. The number of nitro benzene ring substituents is 1. The SMILES string of the molecule is CC(c1cccc([N+](=O)[O-])c1)N(C)C(=O)CCN1C(=O)c2ccc(Br)cc2C1=O. The van der Waals surface area contributed by atoms with Crippen molar-refractivity contribution < 1.29 is 19.3 Å². The summed E-state index contributed by atoms with van der Waals surface area (Å²) in [7, 11) is 1.59. The maximum absolute atomic E-state index is 12.6. The van der Waals surface area contributed by atoms with Crippen LogP contribution in [0.3, 0.4) is 0 Å². The molecule has 3 rings (SSSR count). The van der Waals surface area contributed by atoms with Crippen LogP contribution in [0, 0.1) is 10.1 Å². The van der Waals surface area contributed by atoms with E-state index in [0.29, 0.717) is 21.2 Å². The van der Waals surface area contributed by atoms with Gasteiger partial charge in [-0.25, -0.2) is 0 Å². The molecule has 0 bridgehead atoms. The van der Waals surface area contributed by atoms with Crippen LogP contribution in [0.1, 0.15) is 45.7 Å². The third-order valence-electron chi connectivity index (χ3n) is 5.02. The van der Waals surface area contributed by atoms with Crippen LogP contribution in [0.4, 0.5) is 5.69 Å². The van der Waals surface area contributed by atoms with E-state index in [-0.39, 0.29) is 24.6 Å². The van der Waals surface area contributed by atoms with Gasteiger partial charge in [0.25, 0.3) is 17.5 Å². The normalized spacial score (nSPS) is 14.0. The summed E-state index contributed by atoms with van der Waals surface area (Å²) in [5.74, 6) is -1.12. The number of rotatable bonds is 6. The molecule has 29 heavy (non-hydrogen) atoms. The number of hydrogen-bond donors (Lipinski definition) is 0. The maximum Gasteiger partial charge on any atom is 0.269 e. The van der Waals surface area contributed by atoms with E-state index in [9.17, 15) is 24.5 Å². The fourth-order valence-corrected chi connectivity index (χ4v) is 3.55. The molecule has 1 heterocycles. The summed E-state index contributed by atoms with van der Waals surface area (Å²) in [6.45, 7) is 1.73. The Labute approximate surface area is 175 Å². The summed E-state index contributed by atoms with van der Waals surface area (Å²) < 4.78 is 0.695. The van der Waals surface area contributed by atoms with Crippen molar-refractivity contribution in [3.05, 3.63) is 73.7 Å². The second kappa shape index (κ2) is 8.12. The van der Waals surface area contributed by atoms with E-state index >= 15 is 0 Å². The molecule has 0 N–H and O–H groups in total. The first-order valence-corrected chi connectivity index (χ1v) is 9.65. The van der Waals surface area contributed by atoms with Gasteiger partial charge in [-0.15, -0.1) is 0 Å². The number of non-ortho nitro benzene ring substituents is 1. The van der Waals surface area contributed by atoms with E-state index in [1.807, 2.05) is 0 Å². The van der Waals surface area contributed by atoms with Gasteiger partial charge in [-0.2, -0.15) is 0 Å². The van der Waals surface area contributed by atoms with Gasteiger partial charge >= 0.3 is 0 Å². The van der Waals surface area contributed by atoms with E-state index in [2.05, 4.69) is 15.9 Å². The van der Waals surface area contributed by atoms with Crippen LogP contribution in [-0.2, 0) is 4.79 Å². The van der Waals surface area contributed by atoms with Crippen LogP contribution in [0.5, 0.6) is 0 Å². The fraction of sp³-hybridized carbons (Fsp3) is 0.250. The van der Waals surface area contributed by atoms with Crippen molar-refractivity contribution in [2.45, 2.75) is 19.4 Å². The molecule has 0 fully saturated rings. The van der Waals surface area contributed by atoms with Crippen LogP contribution >= 0.6 is 15.9 Å². The summed E-state index contributed by atoms with van der Waals surface area (Å²) >= 11 is 3.28. The molecule has 2 aromatic rings. The minimum Gasteiger partial charge on any atom is -0.339 e. The minimum absolute atomic E-state index is 0.0329. The molecule has 1 atom stereocenters. The molecule has 1 aliphatic rings. The smallest absolute Gasteiger partial charge is 0.269 e. The van der Waals surface area contributed by atoms with Gasteiger partial charge in [-0.05, 0) is 30.7 Å². The van der Waals surface area contributed by atoms with Gasteiger partial charge in [0.1, 0.15) is 0 Å². The number of carbonyl (C=O) groups is 3. The van der Waals surface area contributed by atoms with Gasteiger partial charge in [0.2, 0.25) is 5.91 Å². The Hall–Kier alpha value is -3.07. The van der Waals surface area contributed by atoms with Gasteiger partial charge in [-0.3, -0.25) is 29.4 Å². The third-order valence-corrected chi connectivity index (χ3v) is 5.51. The summed E-state index contributed by atoms with van der Waals surface area (Å²) in [5, 5.41) is 11.0. The first kappa shape index (κ1) is 20.7. The monoisotopic (exact) mass is 459 g/mol. The number of nitrogens with zero attached hydrogens (tertiary/aromatic N) is 3. The molecular weight excluding hydrogens is 442 g/mol. The van der Waals surface area contributed by atoms with Crippen molar-refractivity contribution >= 4 is 39.3 Å². The largest absolute Gasteiger partial charge is 0.339 e. The number of halogens is 1. The van der Waals surface area contributed by atoms with Gasteiger partial charge < -0.3 is 4.90 Å². The van der Waals surface area contributed by atoms with Gasteiger partial charge in [-0.1, -0.05) is 28.1 Å². The Morgan fingerprint density at radius 3 is 2.55 bits per heavy atom. The Morgan fingerprint density at radius 1 is 1.17 bits per heavy atom.